The first-order valence-electron chi connectivity index (χ1n) is 3.82. The molecule has 0 saturated heterocycles. The van der Waals surface area contributed by atoms with Gasteiger partial charge in [-0.05, 0) is 6.42 Å². The molecule has 0 rings (SSSR count). The highest BCUT2D eigenvalue weighted by molar-refractivity contribution is 14.1. The van der Waals surface area contributed by atoms with Crippen LogP contribution >= 0.6 is 35.5 Å². The van der Waals surface area contributed by atoms with Crippen molar-refractivity contribution in [3.05, 3.63) is 0 Å². The van der Waals surface area contributed by atoms with Crippen molar-refractivity contribution in [2.75, 3.05) is 12.4 Å². The molecule has 14 heavy (non-hydrogen) atoms. The van der Waals surface area contributed by atoms with Crippen LogP contribution in [0.1, 0.15) is 6.42 Å². The van der Waals surface area contributed by atoms with Gasteiger partial charge in [-0.15, -0.1) is 0 Å². The van der Waals surface area contributed by atoms with Crippen molar-refractivity contribution in [3.8, 4) is 0 Å². The van der Waals surface area contributed by atoms with Gasteiger partial charge in [0.05, 0.1) is 5.75 Å². The highest BCUT2D eigenvalue weighted by Crippen LogP contribution is 1.92. The van der Waals surface area contributed by atoms with Crippen LogP contribution in [0.5, 0.6) is 0 Å². The second-order valence-electron chi connectivity index (χ2n) is 2.37. The monoisotopic (exact) mass is 333 g/mol. The molecule has 2 amide bonds. The molecule has 0 bridgehead atoms. The average Bonchev–Trinajstić information content (AvgIpc) is 2.17. The maximum atomic E-state index is 11.3. The Labute approximate surface area is 101 Å². The molecule has 0 aromatic carbocycles. The summed E-state index contributed by atoms with van der Waals surface area (Å²) in [5.74, 6) is -0.744. The number of carbonyl (C=O) groups is 2. The Morgan fingerprint density at radius 1 is 1.50 bits per heavy atom. The van der Waals surface area contributed by atoms with E-state index in [4.69, 9.17) is 5.11 Å². The van der Waals surface area contributed by atoms with E-state index in [1.54, 1.807) is 22.9 Å². The van der Waals surface area contributed by atoms with Gasteiger partial charge in [0.25, 0.3) is 5.91 Å². The lowest BCUT2D eigenvalue weighted by molar-refractivity contribution is -0.128. The number of nitrogens with one attached hydrogen (secondary N) is 3. The first-order chi connectivity index (χ1) is 6.65. The summed E-state index contributed by atoms with van der Waals surface area (Å²) in [5.41, 5.74) is 2.31. The van der Waals surface area contributed by atoms with Crippen LogP contribution in [0.3, 0.4) is 0 Å². The van der Waals surface area contributed by atoms with Crippen molar-refractivity contribution >= 4 is 47.3 Å². The quantitative estimate of drug-likeness (QED) is 0.182. The third kappa shape index (κ3) is 5.62. The maximum Gasteiger partial charge on any atom is 0.257 e. The molecule has 0 aliphatic heterocycles. The number of carbonyl (C=O) groups excluding carboxylic acids is 2. The number of rotatable bonds is 6. The Morgan fingerprint density at radius 3 is 2.57 bits per heavy atom. The van der Waals surface area contributed by atoms with Crippen LogP contribution < -0.4 is 14.4 Å². The minimum Gasteiger partial charge on any atom is -0.396 e. The third-order valence-corrected chi connectivity index (χ3v) is 1.94. The second-order valence-corrected chi connectivity index (χ2v) is 3.23. The van der Waals surface area contributed by atoms with Crippen LogP contribution in [0, 0.1) is 0 Å². The van der Waals surface area contributed by atoms with Crippen LogP contribution in [0.25, 0.3) is 0 Å². The van der Waals surface area contributed by atoms with Crippen molar-refractivity contribution in [1.82, 2.24) is 14.4 Å². The summed E-state index contributed by atoms with van der Waals surface area (Å²) in [5, 5.41) is 11.1. The van der Waals surface area contributed by atoms with E-state index in [1.165, 1.54) is 0 Å². The average molecular weight is 333 g/mol. The van der Waals surface area contributed by atoms with Crippen LogP contribution in [0.4, 0.5) is 0 Å². The highest BCUT2D eigenvalue weighted by atomic mass is 127. The van der Waals surface area contributed by atoms with E-state index in [0.29, 0.717) is 0 Å². The Hall–Kier alpha value is -0.0600. The van der Waals surface area contributed by atoms with Crippen molar-refractivity contribution in [2.24, 2.45) is 0 Å². The molecule has 0 radical (unpaired) electrons. The van der Waals surface area contributed by atoms with Gasteiger partial charge in [-0.25, -0.2) is 0 Å². The smallest absolute Gasteiger partial charge is 0.257 e. The standard InChI is InChI=1S/C6H12IN3O3S/c7-10-9-6(13)4(1-2-11)8-5(12)3-14/h4,10-11,14H,1-3H2,(H,8,12)(H,9,13). The Balaban J connectivity index is 4.13. The fraction of sp³-hybridized carbons (Fsp3) is 0.667. The first kappa shape index (κ1) is 13.9. The second kappa shape index (κ2) is 8.26. The highest BCUT2D eigenvalue weighted by Gasteiger charge is 2.18. The first-order valence-corrected chi connectivity index (χ1v) is 5.53. The predicted molar refractivity (Wildman–Crippen MR) is 62.8 cm³/mol. The maximum absolute atomic E-state index is 11.3. The van der Waals surface area contributed by atoms with Gasteiger partial charge in [-0.1, -0.05) is 0 Å². The number of thiol groups is 1. The molecule has 0 spiro atoms. The van der Waals surface area contributed by atoms with E-state index in [9.17, 15) is 9.59 Å². The number of aliphatic hydroxyl groups excluding tert-OH is 1. The summed E-state index contributed by atoms with van der Waals surface area (Å²) in [6.07, 6.45) is 0.170. The van der Waals surface area contributed by atoms with E-state index in [1.807, 2.05) is 0 Å². The zero-order valence-corrected chi connectivity index (χ0v) is 10.3. The number of hydrogen-bond acceptors (Lipinski definition) is 5. The van der Waals surface area contributed by atoms with Crippen LogP contribution in [-0.4, -0.2) is 35.3 Å². The van der Waals surface area contributed by atoms with Crippen molar-refractivity contribution < 1.29 is 14.7 Å². The molecule has 82 valence electrons. The van der Waals surface area contributed by atoms with Gasteiger partial charge in [-0.3, -0.25) is 15.0 Å². The minimum atomic E-state index is -0.734. The van der Waals surface area contributed by atoms with Gasteiger partial charge in [0.1, 0.15) is 6.04 Å². The fourth-order valence-electron chi connectivity index (χ4n) is 0.772. The Kier molecular flexibility index (Phi) is 8.23. The third-order valence-electron chi connectivity index (χ3n) is 1.38. The predicted octanol–water partition coefficient (Wildman–Crippen LogP) is -1.25. The van der Waals surface area contributed by atoms with Gasteiger partial charge in [0, 0.05) is 29.5 Å². The van der Waals surface area contributed by atoms with Gasteiger partial charge < -0.3 is 10.4 Å². The summed E-state index contributed by atoms with van der Waals surface area (Å²) in [7, 11) is 0. The van der Waals surface area contributed by atoms with Crippen molar-refractivity contribution in [2.45, 2.75) is 12.5 Å². The normalized spacial score (nSPS) is 11.9. The fourth-order valence-corrected chi connectivity index (χ4v) is 1.13. The number of aliphatic hydroxyl groups is 1. The molecule has 1 atom stereocenters. The Morgan fingerprint density at radius 2 is 2.14 bits per heavy atom. The molecule has 0 aliphatic rings. The lowest BCUT2D eigenvalue weighted by Gasteiger charge is -2.15. The molecule has 0 aromatic heterocycles. The summed E-state index contributed by atoms with van der Waals surface area (Å²) in [6, 6.07) is -0.734. The lowest BCUT2D eigenvalue weighted by atomic mass is 10.2. The number of hydrazine groups is 1. The van der Waals surface area contributed by atoms with E-state index in [0.717, 1.165) is 0 Å². The van der Waals surface area contributed by atoms with E-state index >= 15 is 0 Å². The number of hydrogen-bond donors (Lipinski definition) is 5. The minimum absolute atomic E-state index is 0.00682. The summed E-state index contributed by atoms with van der Waals surface area (Å²) >= 11 is 5.49. The number of amides is 2. The zero-order chi connectivity index (χ0) is 11.0. The van der Waals surface area contributed by atoms with E-state index in [-0.39, 0.29) is 24.7 Å². The SMILES string of the molecule is O=C(CS)NC(CCO)C(=O)NNI. The van der Waals surface area contributed by atoms with Crippen molar-refractivity contribution in [3.63, 3.8) is 0 Å². The molecule has 0 saturated carbocycles. The van der Waals surface area contributed by atoms with E-state index in [2.05, 4.69) is 27.0 Å². The molecule has 0 heterocycles. The van der Waals surface area contributed by atoms with Gasteiger partial charge in [0.15, 0.2) is 0 Å². The molecule has 8 heteroatoms. The molecule has 6 nitrogen and oxygen atoms in total. The van der Waals surface area contributed by atoms with Crippen LogP contribution in [0.15, 0.2) is 0 Å². The summed E-state index contributed by atoms with van der Waals surface area (Å²) < 4.78 is 2.42. The summed E-state index contributed by atoms with van der Waals surface area (Å²) in [4.78, 5) is 22.2. The zero-order valence-electron chi connectivity index (χ0n) is 7.29. The lowest BCUT2D eigenvalue weighted by Crippen LogP contribution is -2.49. The van der Waals surface area contributed by atoms with Crippen LogP contribution in [-0.2, 0) is 9.59 Å². The van der Waals surface area contributed by atoms with Crippen molar-refractivity contribution in [1.29, 1.82) is 0 Å². The molecule has 0 fully saturated rings. The largest absolute Gasteiger partial charge is 0.396 e. The molecule has 0 aliphatic carbocycles. The molecular weight excluding hydrogens is 321 g/mol. The number of halogens is 1. The van der Waals surface area contributed by atoms with Gasteiger partial charge in [-0.2, -0.15) is 16.3 Å². The molecular formula is C6H12IN3O3S. The van der Waals surface area contributed by atoms with E-state index < -0.39 is 11.9 Å². The molecule has 0 aromatic rings. The molecule has 1 unspecified atom stereocenters. The van der Waals surface area contributed by atoms with Gasteiger partial charge >= 0.3 is 0 Å². The van der Waals surface area contributed by atoms with Crippen LogP contribution in [0.2, 0.25) is 0 Å². The molecule has 4 N–H and O–H groups in total. The summed E-state index contributed by atoms with van der Waals surface area (Å²) in [6.45, 7) is -0.174. The van der Waals surface area contributed by atoms with Gasteiger partial charge in [0.2, 0.25) is 5.91 Å². The Bertz CT molecular complexity index is 205. The topological polar surface area (TPSA) is 90.5 Å².